The molecule has 2 aliphatic rings. The molecule has 6 nitrogen and oxygen atoms in total. The molecular weight excluding hydrogens is 410 g/mol. The zero-order valence-electron chi connectivity index (χ0n) is 17.7. The minimum absolute atomic E-state index is 0.0265. The van der Waals surface area contributed by atoms with Crippen LogP contribution in [0.15, 0.2) is 41.8 Å². The first-order valence-corrected chi connectivity index (χ1v) is 12.0. The summed E-state index contributed by atoms with van der Waals surface area (Å²) in [6.07, 6.45) is 6.06. The summed E-state index contributed by atoms with van der Waals surface area (Å²) in [4.78, 5) is 42.7. The molecule has 2 aromatic rings. The summed E-state index contributed by atoms with van der Waals surface area (Å²) >= 11 is 1.38. The van der Waals surface area contributed by atoms with E-state index in [1.54, 1.807) is 30.3 Å². The SMILES string of the molecule is O=C(Nc1cccc(C(=O)N2CCC(C(=O)N3CCCCCC3)CC2)c1)c1cccs1. The van der Waals surface area contributed by atoms with Crippen molar-refractivity contribution in [1.29, 1.82) is 0 Å². The average Bonchev–Trinajstić information content (AvgIpc) is 3.21. The summed E-state index contributed by atoms with van der Waals surface area (Å²) < 4.78 is 0. The van der Waals surface area contributed by atoms with E-state index in [2.05, 4.69) is 5.32 Å². The van der Waals surface area contributed by atoms with E-state index < -0.39 is 0 Å². The third-order valence-electron chi connectivity index (χ3n) is 6.16. The van der Waals surface area contributed by atoms with Crippen LogP contribution < -0.4 is 5.32 Å². The van der Waals surface area contributed by atoms with E-state index in [4.69, 9.17) is 0 Å². The standard InChI is InChI=1S/C24H29N3O3S/c28-22(21-9-6-16-31-21)25-20-8-5-7-19(17-20)24(30)27-14-10-18(11-15-27)23(29)26-12-3-1-2-4-13-26/h5-9,16-18H,1-4,10-15H2,(H,25,28). The molecule has 164 valence electrons. The van der Waals surface area contributed by atoms with Crippen molar-refractivity contribution in [3.63, 3.8) is 0 Å². The van der Waals surface area contributed by atoms with Crippen LogP contribution in [0.3, 0.4) is 0 Å². The van der Waals surface area contributed by atoms with Crippen LogP contribution in [0.1, 0.15) is 58.6 Å². The topological polar surface area (TPSA) is 69.7 Å². The molecule has 0 bridgehead atoms. The van der Waals surface area contributed by atoms with Crippen LogP contribution in [0.4, 0.5) is 5.69 Å². The van der Waals surface area contributed by atoms with Gasteiger partial charge in [-0.05, 0) is 55.3 Å². The summed E-state index contributed by atoms with van der Waals surface area (Å²) in [7, 11) is 0. The third-order valence-corrected chi connectivity index (χ3v) is 7.03. The Bertz CT molecular complexity index is 912. The van der Waals surface area contributed by atoms with Gasteiger partial charge in [0.15, 0.2) is 0 Å². The molecule has 0 radical (unpaired) electrons. The number of nitrogens with one attached hydrogen (secondary N) is 1. The lowest BCUT2D eigenvalue weighted by Gasteiger charge is -2.34. The highest BCUT2D eigenvalue weighted by molar-refractivity contribution is 7.12. The first kappa shape index (κ1) is 21.6. The molecule has 0 aliphatic carbocycles. The fourth-order valence-corrected chi connectivity index (χ4v) is 5.01. The molecule has 2 aliphatic heterocycles. The summed E-state index contributed by atoms with van der Waals surface area (Å²) in [5, 5.41) is 4.71. The molecule has 2 fully saturated rings. The molecule has 4 rings (SSSR count). The number of carbonyl (C=O) groups is 3. The molecule has 0 saturated carbocycles. The number of amides is 3. The number of hydrogen-bond donors (Lipinski definition) is 1. The Morgan fingerprint density at radius 1 is 0.871 bits per heavy atom. The van der Waals surface area contributed by atoms with Gasteiger partial charge in [0.1, 0.15) is 0 Å². The molecular formula is C24H29N3O3S. The number of benzene rings is 1. The number of hydrogen-bond acceptors (Lipinski definition) is 4. The van der Waals surface area contributed by atoms with Crippen LogP contribution in [-0.4, -0.2) is 53.7 Å². The van der Waals surface area contributed by atoms with Crippen molar-refractivity contribution in [2.45, 2.75) is 38.5 Å². The Morgan fingerprint density at radius 2 is 1.61 bits per heavy atom. The second-order valence-corrected chi connectivity index (χ2v) is 9.27. The molecule has 1 N–H and O–H groups in total. The minimum Gasteiger partial charge on any atom is -0.342 e. The van der Waals surface area contributed by atoms with E-state index in [-0.39, 0.29) is 23.6 Å². The first-order chi connectivity index (χ1) is 15.1. The number of carbonyl (C=O) groups excluding carboxylic acids is 3. The summed E-state index contributed by atoms with van der Waals surface area (Å²) in [5.74, 6) is 0.0752. The van der Waals surface area contributed by atoms with Gasteiger partial charge in [0, 0.05) is 43.3 Å². The molecule has 1 aromatic carbocycles. The molecule has 0 spiro atoms. The lowest BCUT2D eigenvalue weighted by Crippen LogP contribution is -2.44. The van der Waals surface area contributed by atoms with Gasteiger partial charge in [0.25, 0.3) is 11.8 Å². The molecule has 3 heterocycles. The molecule has 0 unspecified atom stereocenters. The van der Waals surface area contributed by atoms with Crippen molar-refractivity contribution < 1.29 is 14.4 Å². The van der Waals surface area contributed by atoms with Crippen molar-refractivity contribution in [3.8, 4) is 0 Å². The number of anilines is 1. The fraction of sp³-hybridized carbons (Fsp3) is 0.458. The van der Waals surface area contributed by atoms with Crippen molar-refractivity contribution in [3.05, 3.63) is 52.2 Å². The van der Waals surface area contributed by atoms with E-state index in [0.29, 0.717) is 29.2 Å². The monoisotopic (exact) mass is 439 g/mol. The van der Waals surface area contributed by atoms with Crippen LogP contribution in [0.2, 0.25) is 0 Å². The number of thiophene rings is 1. The minimum atomic E-state index is -0.174. The molecule has 3 amide bonds. The van der Waals surface area contributed by atoms with Gasteiger partial charge in [-0.3, -0.25) is 14.4 Å². The van der Waals surface area contributed by atoms with Gasteiger partial charge in [-0.25, -0.2) is 0 Å². The molecule has 0 atom stereocenters. The largest absolute Gasteiger partial charge is 0.342 e. The highest BCUT2D eigenvalue weighted by atomic mass is 32.1. The van der Waals surface area contributed by atoms with Gasteiger partial charge in [0.2, 0.25) is 5.91 Å². The zero-order valence-corrected chi connectivity index (χ0v) is 18.5. The number of likely N-dealkylation sites (tertiary alicyclic amines) is 2. The quantitative estimate of drug-likeness (QED) is 0.774. The van der Waals surface area contributed by atoms with Crippen LogP contribution in [-0.2, 0) is 4.79 Å². The molecule has 7 heteroatoms. The van der Waals surface area contributed by atoms with E-state index in [9.17, 15) is 14.4 Å². The van der Waals surface area contributed by atoms with Crippen molar-refractivity contribution >= 4 is 34.7 Å². The molecule has 1 aromatic heterocycles. The Balaban J connectivity index is 1.33. The van der Waals surface area contributed by atoms with E-state index >= 15 is 0 Å². The molecule has 2 saturated heterocycles. The van der Waals surface area contributed by atoms with E-state index in [1.165, 1.54) is 24.2 Å². The van der Waals surface area contributed by atoms with E-state index in [1.807, 2.05) is 21.2 Å². The predicted molar refractivity (Wildman–Crippen MR) is 122 cm³/mol. The van der Waals surface area contributed by atoms with Crippen LogP contribution >= 0.6 is 11.3 Å². The van der Waals surface area contributed by atoms with Gasteiger partial charge in [-0.15, -0.1) is 11.3 Å². The Morgan fingerprint density at radius 3 is 2.29 bits per heavy atom. The van der Waals surface area contributed by atoms with Gasteiger partial charge in [-0.2, -0.15) is 0 Å². The van der Waals surface area contributed by atoms with E-state index in [0.717, 1.165) is 38.8 Å². The van der Waals surface area contributed by atoms with Gasteiger partial charge < -0.3 is 15.1 Å². The zero-order chi connectivity index (χ0) is 21.6. The second-order valence-electron chi connectivity index (χ2n) is 8.32. The smallest absolute Gasteiger partial charge is 0.265 e. The summed E-state index contributed by atoms with van der Waals surface area (Å²) in [6.45, 7) is 2.94. The van der Waals surface area contributed by atoms with Crippen molar-refractivity contribution in [2.24, 2.45) is 5.92 Å². The Labute approximate surface area is 187 Å². The number of nitrogens with zero attached hydrogens (tertiary/aromatic N) is 2. The van der Waals surface area contributed by atoms with Crippen molar-refractivity contribution in [2.75, 3.05) is 31.5 Å². The van der Waals surface area contributed by atoms with Gasteiger partial charge in [-0.1, -0.05) is 25.0 Å². The van der Waals surface area contributed by atoms with Crippen LogP contribution in [0.5, 0.6) is 0 Å². The predicted octanol–water partition coefficient (Wildman–Crippen LogP) is 4.26. The van der Waals surface area contributed by atoms with Crippen LogP contribution in [0, 0.1) is 5.92 Å². The van der Waals surface area contributed by atoms with Gasteiger partial charge >= 0.3 is 0 Å². The normalized spacial score (nSPS) is 17.8. The van der Waals surface area contributed by atoms with Crippen LogP contribution in [0.25, 0.3) is 0 Å². The highest BCUT2D eigenvalue weighted by Gasteiger charge is 2.30. The van der Waals surface area contributed by atoms with Crippen molar-refractivity contribution in [1.82, 2.24) is 9.80 Å². The maximum atomic E-state index is 13.0. The molecule has 31 heavy (non-hydrogen) atoms. The number of piperidine rings is 1. The lowest BCUT2D eigenvalue weighted by atomic mass is 9.94. The second kappa shape index (κ2) is 10.1. The first-order valence-electron chi connectivity index (χ1n) is 11.1. The highest BCUT2D eigenvalue weighted by Crippen LogP contribution is 2.24. The lowest BCUT2D eigenvalue weighted by molar-refractivity contribution is -0.136. The van der Waals surface area contributed by atoms with Gasteiger partial charge in [0.05, 0.1) is 4.88 Å². The third kappa shape index (κ3) is 5.34. The average molecular weight is 440 g/mol. The maximum Gasteiger partial charge on any atom is 0.265 e. The summed E-state index contributed by atoms with van der Waals surface area (Å²) in [5.41, 5.74) is 1.16. The number of rotatable bonds is 4. The maximum absolute atomic E-state index is 13.0. The Hall–Kier alpha value is -2.67. The summed E-state index contributed by atoms with van der Waals surface area (Å²) in [6, 6.07) is 10.7. The Kier molecular flexibility index (Phi) is 7.02. The fourth-order valence-electron chi connectivity index (χ4n) is 4.39.